The summed E-state index contributed by atoms with van der Waals surface area (Å²) in [7, 11) is 1.77. The summed E-state index contributed by atoms with van der Waals surface area (Å²) in [5.74, 6) is -0.138. The summed E-state index contributed by atoms with van der Waals surface area (Å²) in [5, 5.41) is 16.1. The molecule has 216 valence electrons. The first-order valence-corrected chi connectivity index (χ1v) is 14.8. The molecule has 3 atom stereocenters. The molecule has 1 aromatic carbocycles. The molecule has 1 aromatic rings. The molecule has 0 radical (unpaired) electrons. The first kappa shape index (κ1) is 29.2. The Morgan fingerprint density at radius 1 is 1.10 bits per heavy atom. The quantitative estimate of drug-likeness (QED) is 0.473. The van der Waals surface area contributed by atoms with Crippen LogP contribution in [0.2, 0.25) is 0 Å². The van der Waals surface area contributed by atoms with E-state index in [1.807, 2.05) is 13.8 Å². The summed E-state index contributed by atoms with van der Waals surface area (Å²) in [6.45, 7) is 4.35. The van der Waals surface area contributed by atoms with Gasteiger partial charge in [-0.2, -0.15) is 0 Å². The smallest absolute Gasteiger partial charge is 0.317 e. The first-order chi connectivity index (χ1) is 18.8. The lowest BCUT2D eigenvalue weighted by Gasteiger charge is -2.38. The van der Waals surface area contributed by atoms with Crippen LogP contribution >= 0.6 is 0 Å². The Labute approximate surface area is 232 Å². The molecule has 0 spiro atoms. The standard InChI is InChI=1S/C30H46N4O5/c1-20-17-34(21(2)19-35)29(37)24-15-10-16-25(32-28(36)22-11-6-4-7-12-22)27(24)39-26(20)18-33(3)30(38)31-23-13-8-5-9-14-23/h10,15-16,20-23,26,35H,4-9,11-14,17-19H2,1-3H3,(H,31,38)(H,32,36)/t20-,21-,26-/m0/s1. The van der Waals surface area contributed by atoms with E-state index in [1.54, 1.807) is 35.0 Å². The Bertz CT molecular complexity index is 1010. The molecule has 3 aliphatic rings. The fourth-order valence-corrected chi connectivity index (χ4v) is 6.04. The van der Waals surface area contributed by atoms with Gasteiger partial charge in [0.1, 0.15) is 6.10 Å². The number of nitrogens with one attached hydrogen (secondary N) is 2. The van der Waals surface area contributed by atoms with Crippen molar-refractivity contribution in [3.05, 3.63) is 23.8 Å². The number of likely N-dealkylation sites (N-methyl/N-ethyl adjacent to an activating group) is 1. The fourth-order valence-electron chi connectivity index (χ4n) is 6.04. The summed E-state index contributed by atoms with van der Waals surface area (Å²) >= 11 is 0. The molecular weight excluding hydrogens is 496 g/mol. The number of carbonyl (C=O) groups is 3. The predicted molar refractivity (Wildman–Crippen MR) is 151 cm³/mol. The Hall–Kier alpha value is -2.81. The summed E-state index contributed by atoms with van der Waals surface area (Å²) in [4.78, 5) is 43.2. The van der Waals surface area contributed by atoms with Gasteiger partial charge in [-0.1, -0.05) is 51.5 Å². The normalized spacial score (nSPS) is 23.6. The van der Waals surface area contributed by atoms with Crippen molar-refractivity contribution in [3.8, 4) is 5.75 Å². The van der Waals surface area contributed by atoms with E-state index >= 15 is 0 Å². The fraction of sp³-hybridized carbons (Fsp3) is 0.700. The minimum Gasteiger partial charge on any atom is -0.485 e. The Kier molecular flexibility index (Phi) is 10.1. The molecule has 9 nitrogen and oxygen atoms in total. The van der Waals surface area contributed by atoms with Crippen LogP contribution in [0.3, 0.4) is 0 Å². The second-order valence-electron chi connectivity index (χ2n) is 11.8. The third-order valence-corrected chi connectivity index (χ3v) is 8.66. The van der Waals surface area contributed by atoms with Crippen LogP contribution in [0.15, 0.2) is 18.2 Å². The molecule has 1 heterocycles. The van der Waals surface area contributed by atoms with Crippen molar-refractivity contribution in [2.75, 3.05) is 32.1 Å². The number of carbonyl (C=O) groups excluding carboxylic acids is 3. The lowest BCUT2D eigenvalue weighted by atomic mass is 9.88. The number of para-hydroxylation sites is 1. The Morgan fingerprint density at radius 3 is 2.44 bits per heavy atom. The van der Waals surface area contributed by atoms with Crippen molar-refractivity contribution < 1.29 is 24.2 Å². The third-order valence-electron chi connectivity index (χ3n) is 8.66. The molecule has 0 saturated heterocycles. The van der Waals surface area contributed by atoms with Crippen LogP contribution in [0.25, 0.3) is 0 Å². The molecule has 2 aliphatic carbocycles. The number of amides is 4. The second kappa shape index (κ2) is 13.5. The lowest BCUT2D eigenvalue weighted by Crippen LogP contribution is -2.52. The van der Waals surface area contributed by atoms with Crippen molar-refractivity contribution in [1.29, 1.82) is 0 Å². The molecule has 2 fully saturated rings. The highest BCUT2D eigenvalue weighted by atomic mass is 16.5. The zero-order chi connectivity index (χ0) is 27.9. The number of hydrogen-bond acceptors (Lipinski definition) is 5. The molecule has 3 N–H and O–H groups in total. The van der Waals surface area contributed by atoms with Crippen molar-refractivity contribution >= 4 is 23.5 Å². The number of urea groups is 1. The number of rotatable bonds is 7. The van der Waals surface area contributed by atoms with Gasteiger partial charge in [-0.05, 0) is 44.7 Å². The molecule has 2 saturated carbocycles. The molecule has 0 unspecified atom stereocenters. The van der Waals surface area contributed by atoms with Crippen LogP contribution in [0.5, 0.6) is 5.75 Å². The molecular formula is C30H46N4O5. The maximum atomic E-state index is 13.7. The number of nitrogens with zero attached hydrogens (tertiary/aromatic N) is 2. The summed E-state index contributed by atoms with van der Waals surface area (Å²) in [6.07, 6.45) is 10.0. The van der Waals surface area contributed by atoms with Gasteiger partial charge in [0.25, 0.3) is 5.91 Å². The number of anilines is 1. The largest absolute Gasteiger partial charge is 0.485 e. The van der Waals surface area contributed by atoms with Crippen LogP contribution in [0.4, 0.5) is 10.5 Å². The van der Waals surface area contributed by atoms with Crippen molar-refractivity contribution in [2.24, 2.45) is 11.8 Å². The molecule has 0 bridgehead atoms. The summed E-state index contributed by atoms with van der Waals surface area (Å²) in [5.41, 5.74) is 0.824. The molecule has 39 heavy (non-hydrogen) atoms. The Balaban J connectivity index is 1.59. The molecule has 4 amide bonds. The topological polar surface area (TPSA) is 111 Å². The number of aliphatic hydroxyl groups excluding tert-OH is 1. The van der Waals surface area contributed by atoms with E-state index in [-0.39, 0.29) is 48.4 Å². The average Bonchev–Trinajstić information content (AvgIpc) is 2.95. The van der Waals surface area contributed by atoms with Crippen LogP contribution < -0.4 is 15.4 Å². The van der Waals surface area contributed by atoms with Gasteiger partial charge in [-0.15, -0.1) is 0 Å². The van der Waals surface area contributed by atoms with Crippen molar-refractivity contribution in [2.45, 2.75) is 96.2 Å². The zero-order valence-electron chi connectivity index (χ0n) is 23.8. The number of fused-ring (bicyclic) bond motifs is 1. The van der Waals surface area contributed by atoms with Gasteiger partial charge in [0, 0.05) is 31.5 Å². The molecule has 0 aromatic heterocycles. The maximum Gasteiger partial charge on any atom is 0.317 e. The summed E-state index contributed by atoms with van der Waals surface area (Å²) < 4.78 is 6.57. The van der Waals surface area contributed by atoms with E-state index in [9.17, 15) is 19.5 Å². The van der Waals surface area contributed by atoms with Gasteiger partial charge in [0.15, 0.2) is 5.75 Å². The van der Waals surface area contributed by atoms with Crippen molar-refractivity contribution in [1.82, 2.24) is 15.1 Å². The van der Waals surface area contributed by atoms with E-state index in [0.29, 0.717) is 30.1 Å². The number of benzene rings is 1. The lowest BCUT2D eigenvalue weighted by molar-refractivity contribution is -0.120. The molecule has 1 aliphatic heterocycles. The highest BCUT2D eigenvalue weighted by molar-refractivity contribution is 6.02. The van der Waals surface area contributed by atoms with Crippen LogP contribution in [0.1, 0.15) is 88.4 Å². The first-order valence-electron chi connectivity index (χ1n) is 14.8. The number of hydrogen-bond donors (Lipinski definition) is 3. The van der Waals surface area contributed by atoms with Gasteiger partial charge in [0.2, 0.25) is 5.91 Å². The van der Waals surface area contributed by atoms with E-state index in [4.69, 9.17) is 4.74 Å². The maximum absolute atomic E-state index is 13.7. The van der Waals surface area contributed by atoms with E-state index in [1.165, 1.54) is 6.42 Å². The van der Waals surface area contributed by atoms with Crippen molar-refractivity contribution in [3.63, 3.8) is 0 Å². The van der Waals surface area contributed by atoms with E-state index in [2.05, 4.69) is 10.6 Å². The van der Waals surface area contributed by atoms with Gasteiger partial charge in [-0.3, -0.25) is 9.59 Å². The molecule has 4 rings (SSSR count). The Morgan fingerprint density at radius 2 is 1.77 bits per heavy atom. The zero-order valence-corrected chi connectivity index (χ0v) is 23.8. The monoisotopic (exact) mass is 542 g/mol. The second-order valence-corrected chi connectivity index (χ2v) is 11.8. The third kappa shape index (κ3) is 7.24. The highest BCUT2D eigenvalue weighted by Crippen LogP contribution is 2.36. The SMILES string of the molecule is C[C@H]1CN([C@@H](C)CO)C(=O)c2cccc(NC(=O)C3CCCCC3)c2O[C@H]1CN(C)C(=O)NC1CCCCC1. The van der Waals surface area contributed by atoms with Gasteiger partial charge in [-0.25, -0.2) is 4.79 Å². The summed E-state index contributed by atoms with van der Waals surface area (Å²) in [6, 6.07) is 4.91. The van der Waals surface area contributed by atoms with E-state index < -0.39 is 6.10 Å². The van der Waals surface area contributed by atoms with Crippen LogP contribution in [-0.4, -0.2) is 77.7 Å². The van der Waals surface area contributed by atoms with Gasteiger partial charge >= 0.3 is 6.03 Å². The minimum atomic E-state index is -0.430. The van der Waals surface area contributed by atoms with E-state index in [0.717, 1.165) is 57.8 Å². The average molecular weight is 543 g/mol. The molecule has 9 heteroatoms. The van der Waals surface area contributed by atoms with Gasteiger partial charge in [0.05, 0.1) is 30.4 Å². The number of ether oxygens (including phenoxy) is 1. The highest BCUT2D eigenvalue weighted by Gasteiger charge is 2.35. The number of aliphatic hydroxyl groups is 1. The van der Waals surface area contributed by atoms with Crippen LogP contribution in [0, 0.1) is 11.8 Å². The van der Waals surface area contributed by atoms with Crippen LogP contribution in [-0.2, 0) is 4.79 Å². The van der Waals surface area contributed by atoms with Gasteiger partial charge < -0.3 is 30.3 Å². The predicted octanol–water partition coefficient (Wildman–Crippen LogP) is 4.40. The minimum absolute atomic E-state index is 0.0460.